The number of carbonyl (C=O) groups is 1. The summed E-state index contributed by atoms with van der Waals surface area (Å²) in [6, 6.07) is 0. The van der Waals surface area contributed by atoms with E-state index in [4.69, 9.17) is 4.74 Å². The van der Waals surface area contributed by atoms with Gasteiger partial charge in [-0.3, -0.25) is 4.79 Å². The molecule has 62 valence electrons. The fourth-order valence-corrected chi connectivity index (χ4v) is 1.38. The van der Waals surface area contributed by atoms with Crippen LogP contribution in [0.1, 0.15) is 26.2 Å². The highest BCUT2D eigenvalue weighted by molar-refractivity contribution is 14.1. The predicted molar refractivity (Wildman–Crippen MR) is 51.5 cm³/mol. The molecule has 0 aromatic heterocycles. The van der Waals surface area contributed by atoms with Crippen molar-refractivity contribution in [3.63, 3.8) is 0 Å². The number of hydrogen-bond acceptors (Lipinski definition) is 2. The van der Waals surface area contributed by atoms with Crippen molar-refractivity contribution in [3.05, 3.63) is 9.66 Å². The van der Waals surface area contributed by atoms with Crippen LogP contribution in [0.15, 0.2) is 9.66 Å². The van der Waals surface area contributed by atoms with Gasteiger partial charge in [0.1, 0.15) is 6.10 Å². The lowest BCUT2D eigenvalue weighted by atomic mass is 10.1. The maximum absolute atomic E-state index is 10.7. The Morgan fingerprint density at radius 3 is 3.09 bits per heavy atom. The molecule has 0 spiro atoms. The van der Waals surface area contributed by atoms with Crippen molar-refractivity contribution < 1.29 is 9.53 Å². The highest BCUT2D eigenvalue weighted by atomic mass is 127. The third-order valence-corrected chi connectivity index (χ3v) is 2.77. The normalized spacial score (nSPS) is 25.5. The Morgan fingerprint density at radius 1 is 1.91 bits per heavy atom. The van der Waals surface area contributed by atoms with Crippen molar-refractivity contribution in [1.82, 2.24) is 0 Å². The van der Waals surface area contributed by atoms with Crippen molar-refractivity contribution in [1.29, 1.82) is 0 Å². The van der Waals surface area contributed by atoms with E-state index in [0.29, 0.717) is 6.42 Å². The van der Waals surface area contributed by atoms with Crippen LogP contribution in [0.2, 0.25) is 0 Å². The van der Waals surface area contributed by atoms with E-state index in [-0.39, 0.29) is 12.1 Å². The zero-order chi connectivity index (χ0) is 8.27. The van der Waals surface area contributed by atoms with Gasteiger partial charge in [0.2, 0.25) is 0 Å². The SMILES string of the molecule is C/C(=C\I)CC1CCC(=O)O1. The smallest absolute Gasteiger partial charge is 0.306 e. The second-order valence-electron chi connectivity index (χ2n) is 2.81. The number of cyclic esters (lactones) is 1. The molecular formula is C8H11IO2. The lowest BCUT2D eigenvalue weighted by Crippen LogP contribution is -2.06. The van der Waals surface area contributed by atoms with E-state index >= 15 is 0 Å². The van der Waals surface area contributed by atoms with Crippen molar-refractivity contribution >= 4 is 28.6 Å². The Morgan fingerprint density at radius 2 is 2.64 bits per heavy atom. The number of halogens is 1. The first-order valence-electron chi connectivity index (χ1n) is 3.67. The molecule has 11 heavy (non-hydrogen) atoms. The summed E-state index contributed by atoms with van der Waals surface area (Å²) >= 11 is 2.20. The Hall–Kier alpha value is -0.0600. The maximum Gasteiger partial charge on any atom is 0.306 e. The molecule has 1 saturated heterocycles. The van der Waals surface area contributed by atoms with Gasteiger partial charge in [-0.05, 0) is 17.4 Å². The van der Waals surface area contributed by atoms with E-state index in [1.807, 2.05) is 4.08 Å². The molecule has 1 rings (SSSR count). The van der Waals surface area contributed by atoms with Crippen LogP contribution < -0.4 is 0 Å². The van der Waals surface area contributed by atoms with Gasteiger partial charge in [0.25, 0.3) is 0 Å². The molecule has 0 saturated carbocycles. The molecule has 0 aliphatic carbocycles. The Labute approximate surface area is 80.1 Å². The molecular weight excluding hydrogens is 255 g/mol. The lowest BCUT2D eigenvalue weighted by Gasteiger charge is -2.07. The summed E-state index contributed by atoms with van der Waals surface area (Å²) in [5.74, 6) is -0.0451. The highest BCUT2D eigenvalue weighted by Gasteiger charge is 2.22. The van der Waals surface area contributed by atoms with Crippen LogP contribution >= 0.6 is 22.6 Å². The number of rotatable bonds is 2. The van der Waals surface area contributed by atoms with Gasteiger partial charge in [0.05, 0.1) is 0 Å². The minimum atomic E-state index is -0.0451. The van der Waals surface area contributed by atoms with E-state index in [2.05, 4.69) is 29.5 Å². The van der Waals surface area contributed by atoms with Gasteiger partial charge in [-0.2, -0.15) is 0 Å². The minimum Gasteiger partial charge on any atom is -0.462 e. The summed E-state index contributed by atoms with van der Waals surface area (Å²) in [4.78, 5) is 10.7. The molecule has 3 heteroatoms. The van der Waals surface area contributed by atoms with Crippen molar-refractivity contribution in [3.8, 4) is 0 Å². The summed E-state index contributed by atoms with van der Waals surface area (Å²) < 4.78 is 7.08. The number of esters is 1. The molecule has 1 fully saturated rings. The largest absolute Gasteiger partial charge is 0.462 e. The second-order valence-corrected chi connectivity index (χ2v) is 3.43. The highest BCUT2D eigenvalue weighted by Crippen LogP contribution is 2.20. The molecule has 1 atom stereocenters. The second kappa shape index (κ2) is 4.09. The quantitative estimate of drug-likeness (QED) is 0.566. The zero-order valence-corrected chi connectivity index (χ0v) is 8.63. The molecule has 0 N–H and O–H groups in total. The molecule has 1 heterocycles. The van der Waals surface area contributed by atoms with Gasteiger partial charge in [-0.15, -0.1) is 0 Å². The molecule has 1 aliphatic rings. The van der Waals surface area contributed by atoms with Crippen LogP contribution in [0.5, 0.6) is 0 Å². The minimum absolute atomic E-state index is 0.0451. The van der Waals surface area contributed by atoms with Crippen LogP contribution in [0, 0.1) is 0 Å². The lowest BCUT2D eigenvalue weighted by molar-refractivity contribution is -0.141. The first-order chi connectivity index (χ1) is 5.22. The number of ether oxygens (including phenoxy) is 1. The van der Waals surface area contributed by atoms with Crippen molar-refractivity contribution in [2.24, 2.45) is 0 Å². The molecule has 0 bridgehead atoms. The first kappa shape index (κ1) is 9.03. The van der Waals surface area contributed by atoms with Crippen molar-refractivity contribution in [2.75, 3.05) is 0 Å². The zero-order valence-electron chi connectivity index (χ0n) is 6.47. The van der Waals surface area contributed by atoms with Gasteiger partial charge >= 0.3 is 5.97 Å². The number of carbonyl (C=O) groups excluding carboxylic acids is 1. The fraction of sp³-hybridized carbons (Fsp3) is 0.625. The summed E-state index contributed by atoms with van der Waals surface area (Å²) in [7, 11) is 0. The number of hydrogen-bond donors (Lipinski definition) is 0. The van der Waals surface area contributed by atoms with Crippen LogP contribution in [-0.2, 0) is 9.53 Å². The van der Waals surface area contributed by atoms with E-state index < -0.39 is 0 Å². The predicted octanol–water partition coefficient (Wildman–Crippen LogP) is 2.42. The molecule has 0 radical (unpaired) electrons. The fourth-order valence-electron chi connectivity index (χ4n) is 1.13. The Kier molecular flexibility index (Phi) is 3.36. The first-order valence-corrected chi connectivity index (χ1v) is 4.92. The monoisotopic (exact) mass is 266 g/mol. The van der Waals surface area contributed by atoms with E-state index in [1.54, 1.807) is 0 Å². The maximum atomic E-state index is 10.7. The van der Waals surface area contributed by atoms with E-state index in [0.717, 1.165) is 12.8 Å². The van der Waals surface area contributed by atoms with Gasteiger partial charge in [-0.25, -0.2) is 0 Å². The van der Waals surface area contributed by atoms with E-state index in [9.17, 15) is 4.79 Å². The van der Waals surface area contributed by atoms with Gasteiger partial charge in [0, 0.05) is 12.8 Å². The summed E-state index contributed by atoms with van der Waals surface area (Å²) in [5, 5.41) is 0. The molecule has 0 aromatic rings. The standard InChI is InChI=1S/C8H11IO2/c1-6(5-9)4-7-2-3-8(10)11-7/h5,7H,2-4H2,1H3/b6-5+. The van der Waals surface area contributed by atoms with Crippen molar-refractivity contribution in [2.45, 2.75) is 32.3 Å². The summed E-state index contributed by atoms with van der Waals surface area (Å²) in [6.45, 7) is 2.05. The van der Waals surface area contributed by atoms with Crippen LogP contribution in [0.3, 0.4) is 0 Å². The third-order valence-electron chi connectivity index (χ3n) is 1.70. The summed E-state index contributed by atoms with van der Waals surface area (Å²) in [6.07, 6.45) is 2.53. The Balaban J connectivity index is 2.34. The third kappa shape index (κ3) is 2.81. The van der Waals surface area contributed by atoms with Crippen LogP contribution in [-0.4, -0.2) is 12.1 Å². The Bertz CT molecular complexity index is 187. The average molecular weight is 266 g/mol. The molecule has 1 aliphatic heterocycles. The average Bonchev–Trinajstić information content (AvgIpc) is 2.35. The molecule has 0 aromatic carbocycles. The topological polar surface area (TPSA) is 26.3 Å². The van der Waals surface area contributed by atoms with Gasteiger partial charge < -0.3 is 4.74 Å². The van der Waals surface area contributed by atoms with Crippen LogP contribution in [0.25, 0.3) is 0 Å². The summed E-state index contributed by atoms with van der Waals surface area (Å²) in [5.41, 5.74) is 1.28. The van der Waals surface area contributed by atoms with Gasteiger partial charge in [-0.1, -0.05) is 28.2 Å². The molecule has 0 amide bonds. The van der Waals surface area contributed by atoms with E-state index in [1.165, 1.54) is 5.57 Å². The van der Waals surface area contributed by atoms with Gasteiger partial charge in [0.15, 0.2) is 0 Å². The molecule has 2 nitrogen and oxygen atoms in total. The molecule has 1 unspecified atom stereocenters. The van der Waals surface area contributed by atoms with Crippen LogP contribution in [0.4, 0.5) is 0 Å².